The molecule has 0 spiro atoms. The molecule has 4 heterocycles. The summed E-state index contributed by atoms with van der Waals surface area (Å²) in [5.74, 6) is 2.83. The molecule has 1 N–H and O–H groups in total. The Hall–Kier alpha value is -2.64. The van der Waals surface area contributed by atoms with Gasteiger partial charge in [0, 0.05) is 44.5 Å². The number of nitrogens with one attached hydrogen (secondary N) is 1. The van der Waals surface area contributed by atoms with Crippen molar-refractivity contribution in [1.82, 2.24) is 9.88 Å². The topological polar surface area (TPSA) is 72.9 Å². The minimum Gasteiger partial charge on any atom is -0.491 e. The zero-order chi connectivity index (χ0) is 23.3. The number of anilines is 1. The number of carbonyl (C=O) groups excluding carboxylic acids is 1. The van der Waals surface area contributed by atoms with Gasteiger partial charge in [-0.3, -0.25) is 9.69 Å². The third kappa shape index (κ3) is 5.36. The Bertz CT molecular complexity index is 992. The lowest BCUT2D eigenvalue weighted by atomic mass is 9.81. The number of ether oxygens (including phenoxy) is 3. The lowest BCUT2D eigenvalue weighted by molar-refractivity contribution is -0.118. The molecule has 7 nitrogen and oxygen atoms in total. The molecule has 2 fully saturated rings. The zero-order valence-electron chi connectivity index (χ0n) is 20.0. The van der Waals surface area contributed by atoms with E-state index in [1.807, 2.05) is 12.1 Å². The van der Waals surface area contributed by atoms with Gasteiger partial charge in [-0.1, -0.05) is 12.1 Å². The Labute approximate surface area is 201 Å². The highest BCUT2D eigenvalue weighted by atomic mass is 16.5. The van der Waals surface area contributed by atoms with Gasteiger partial charge in [0.15, 0.2) is 0 Å². The van der Waals surface area contributed by atoms with Crippen LogP contribution in [0.2, 0.25) is 0 Å². The Kier molecular flexibility index (Phi) is 7.30. The Morgan fingerprint density at radius 2 is 2.00 bits per heavy atom. The average molecular weight is 466 g/mol. The smallest absolute Gasteiger partial charge is 0.224 e. The number of carbonyl (C=O) groups is 1. The Balaban J connectivity index is 1.27. The van der Waals surface area contributed by atoms with Crippen molar-refractivity contribution in [3.8, 4) is 11.6 Å². The van der Waals surface area contributed by atoms with E-state index < -0.39 is 0 Å². The first kappa shape index (κ1) is 23.1. The molecule has 34 heavy (non-hydrogen) atoms. The maximum Gasteiger partial charge on any atom is 0.224 e. The maximum absolute atomic E-state index is 13.0. The fourth-order valence-corrected chi connectivity index (χ4v) is 5.68. The molecule has 0 radical (unpaired) electrons. The highest BCUT2D eigenvalue weighted by Gasteiger charge is 2.32. The van der Waals surface area contributed by atoms with E-state index in [1.165, 1.54) is 5.56 Å². The lowest BCUT2D eigenvalue weighted by Gasteiger charge is -2.39. The van der Waals surface area contributed by atoms with Gasteiger partial charge in [0.1, 0.15) is 5.75 Å². The number of likely N-dealkylation sites (tertiary alicyclic amines) is 1. The minimum absolute atomic E-state index is 0.0910. The number of hydrogen-bond acceptors (Lipinski definition) is 6. The van der Waals surface area contributed by atoms with Crippen LogP contribution in [0.1, 0.15) is 49.1 Å². The van der Waals surface area contributed by atoms with Gasteiger partial charge < -0.3 is 19.5 Å². The van der Waals surface area contributed by atoms with Crippen LogP contribution >= 0.6 is 0 Å². The molecule has 2 aromatic rings. The highest BCUT2D eigenvalue weighted by Crippen LogP contribution is 2.36. The van der Waals surface area contributed by atoms with Crippen LogP contribution < -0.4 is 14.8 Å². The Morgan fingerprint density at radius 3 is 2.85 bits per heavy atom. The number of hydrogen-bond donors (Lipinski definition) is 1. The van der Waals surface area contributed by atoms with Crippen LogP contribution in [0.3, 0.4) is 0 Å². The predicted molar refractivity (Wildman–Crippen MR) is 130 cm³/mol. The van der Waals surface area contributed by atoms with Gasteiger partial charge >= 0.3 is 0 Å². The molecule has 1 aromatic carbocycles. The maximum atomic E-state index is 13.0. The summed E-state index contributed by atoms with van der Waals surface area (Å²) in [4.78, 5) is 19.8. The van der Waals surface area contributed by atoms with Crippen LogP contribution in [0.25, 0.3) is 0 Å². The van der Waals surface area contributed by atoms with Crippen molar-refractivity contribution in [1.29, 1.82) is 0 Å². The van der Waals surface area contributed by atoms with Crippen molar-refractivity contribution in [3.05, 3.63) is 47.7 Å². The summed E-state index contributed by atoms with van der Waals surface area (Å²) >= 11 is 0. The number of aromatic nitrogens is 1. The van der Waals surface area contributed by atoms with Crippen molar-refractivity contribution in [2.24, 2.45) is 11.8 Å². The van der Waals surface area contributed by atoms with Crippen molar-refractivity contribution >= 4 is 11.6 Å². The molecule has 3 aliphatic heterocycles. The van der Waals surface area contributed by atoms with Gasteiger partial charge in [-0.25, -0.2) is 4.98 Å². The van der Waals surface area contributed by atoms with E-state index in [0.717, 1.165) is 75.5 Å². The van der Waals surface area contributed by atoms with Gasteiger partial charge in [-0.05, 0) is 73.7 Å². The second kappa shape index (κ2) is 10.7. The molecule has 0 aliphatic carbocycles. The number of rotatable bonds is 4. The van der Waals surface area contributed by atoms with Crippen LogP contribution in [0.4, 0.5) is 5.69 Å². The van der Waals surface area contributed by atoms with E-state index in [-0.39, 0.29) is 5.91 Å². The van der Waals surface area contributed by atoms with Crippen molar-refractivity contribution in [2.75, 3.05) is 45.3 Å². The lowest BCUT2D eigenvalue weighted by Crippen LogP contribution is -2.42. The number of benzene rings is 1. The van der Waals surface area contributed by atoms with Crippen LogP contribution in [-0.2, 0) is 16.1 Å². The standard InChI is InChI=1S/C27H35N3O4/c1-32-27-23(3-2-10-28-27)18-30-11-6-21-16-26(31)29-24-15-20(19-7-12-33-13-8-19)4-5-25(24)34-14-9-22(21)17-30/h2-5,10,15,19,21-22H,6-9,11-14,16-18H2,1H3,(H,29,31)/t21-,22-/m0/s1. The van der Waals surface area contributed by atoms with Crippen molar-refractivity contribution in [3.63, 3.8) is 0 Å². The van der Waals surface area contributed by atoms with E-state index in [9.17, 15) is 4.79 Å². The quantitative estimate of drug-likeness (QED) is 0.728. The van der Waals surface area contributed by atoms with E-state index in [0.29, 0.717) is 36.7 Å². The summed E-state index contributed by atoms with van der Waals surface area (Å²) < 4.78 is 17.2. The number of piperidine rings is 1. The number of nitrogens with zero attached hydrogens (tertiary/aromatic N) is 2. The van der Waals surface area contributed by atoms with Crippen molar-refractivity contribution in [2.45, 2.75) is 44.6 Å². The second-order valence-corrected chi connectivity index (χ2v) is 9.75. The molecule has 1 amide bonds. The molecular formula is C27H35N3O4. The van der Waals surface area contributed by atoms with E-state index >= 15 is 0 Å². The summed E-state index contributed by atoms with van der Waals surface area (Å²) in [7, 11) is 1.67. The first-order chi connectivity index (χ1) is 16.7. The number of pyridine rings is 1. The molecule has 7 heteroatoms. The average Bonchev–Trinajstić information content (AvgIpc) is 2.87. The summed E-state index contributed by atoms with van der Waals surface area (Å²) in [6.45, 7) is 5.00. The van der Waals surface area contributed by atoms with Gasteiger partial charge in [0.25, 0.3) is 0 Å². The molecule has 5 rings (SSSR count). The van der Waals surface area contributed by atoms with Crippen LogP contribution in [0.5, 0.6) is 11.6 Å². The largest absolute Gasteiger partial charge is 0.491 e. The fraction of sp³-hybridized carbons (Fsp3) is 0.556. The van der Waals surface area contributed by atoms with Crippen LogP contribution in [-0.4, -0.2) is 55.8 Å². The first-order valence-corrected chi connectivity index (χ1v) is 12.5. The number of amides is 1. The second-order valence-electron chi connectivity index (χ2n) is 9.75. The van der Waals surface area contributed by atoms with Gasteiger partial charge in [-0.2, -0.15) is 0 Å². The SMILES string of the molecule is COc1ncccc1CN1CC[C@H]2CC(=O)Nc3cc(C4CCOCC4)ccc3OCC[C@H]2C1. The zero-order valence-corrected chi connectivity index (χ0v) is 20.0. The first-order valence-electron chi connectivity index (χ1n) is 12.5. The number of fused-ring (bicyclic) bond motifs is 2. The molecule has 182 valence electrons. The third-order valence-electron chi connectivity index (χ3n) is 7.58. The van der Waals surface area contributed by atoms with Crippen LogP contribution in [0.15, 0.2) is 36.5 Å². The van der Waals surface area contributed by atoms with Gasteiger partial charge in [0.05, 0.1) is 19.4 Å². The molecule has 0 bridgehead atoms. The summed E-state index contributed by atoms with van der Waals surface area (Å²) in [6.07, 6.45) is 6.33. The number of methoxy groups -OCH3 is 1. The molecule has 2 saturated heterocycles. The van der Waals surface area contributed by atoms with E-state index in [2.05, 4.69) is 33.4 Å². The summed E-state index contributed by atoms with van der Waals surface area (Å²) in [6, 6.07) is 10.3. The van der Waals surface area contributed by atoms with Crippen molar-refractivity contribution < 1.29 is 19.0 Å². The summed E-state index contributed by atoms with van der Waals surface area (Å²) in [5.41, 5.74) is 3.18. The molecule has 1 aromatic heterocycles. The highest BCUT2D eigenvalue weighted by molar-refractivity contribution is 5.92. The van der Waals surface area contributed by atoms with Gasteiger partial charge in [0.2, 0.25) is 11.8 Å². The molecule has 3 aliphatic rings. The fourth-order valence-electron chi connectivity index (χ4n) is 5.68. The molecule has 2 atom stereocenters. The third-order valence-corrected chi connectivity index (χ3v) is 7.58. The molecule has 0 saturated carbocycles. The van der Waals surface area contributed by atoms with Gasteiger partial charge in [-0.15, -0.1) is 0 Å². The summed E-state index contributed by atoms with van der Waals surface area (Å²) in [5, 5.41) is 3.18. The van der Waals surface area contributed by atoms with E-state index in [1.54, 1.807) is 13.3 Å². The predicted octanol–water partition coefficient (Wildman–Crippen LogP) is 4.23. The van der Waals surface area contributed by atoms with E-state index in [4.69, 9.17) is 14.2 Å². The monoisotopic (exact) mass is 465 g/mol. The normalized spacial score (nSPS) is 24.3. The van der Waals surface area contributed by atoms with Crippen LogP contribution in [0, 0.1) is 11.8 Å². The molecular weight excluding hydrogens is 430 g/mol. The molecule has 0 unspecified atom stereocenters. The Morgan fingerprint density at radius 1 is 1.12 bits per heavy atom. The minimum atomic E-state index is 0.0910.